The van der Waals surface area contributed by atoms with Crippen LogP contribution < -0.4 is 0 Å². The zero-order valence-electron chi connectivity index (χ0n) is 10.9. The number of benzene rings is 1. The fourth-order valence-corrected chi connectivity index (χ4v) is 3.64. The van der Waals surface area contributed by atoms with Crippen molar-refractivity contribution in [1.29, 1.82) is 0 Å². The lowest BCUT2D eigenvalue weighted by Crippen LogP contribution is -2.23. The second-order valence-electron chi connectivity index (χ2n) is 5.17. The van der Waals surface area contributed by atoms with Gasteiger partial charge in [-0.1, -0.05) is 18.2 Å². The highest BCUT2D eigenvalue weighted by Gasteiger charge is 2.18. The molecular weight excluding hydrogens is 256 g/mol. The summed E-state index contributed by atoms with van der Waals surface area (Å²) >= 11 is 1.72. The first-order valence-corrected chi connectivity index (χ1v) is 7.79. The van der Waals surface area contributed by atoms with Crippen LogP contribution in [0.3, 0.4) is 0 Å². The Morgan fingerprint density at radius 1 is 1.32 bits per heavy atom. The minimum Gasteiger partial charge on any atom is -0.378 e. The van der Waals surface area contributed by atoms with Gasteiger partial charge >= 0.3 is 0 Å². The van der Waals surface area contributed by atoms with E-state index in [1.807, 2.05) is 12.1 Å². The second kappa shape index (κ2) is 5.85. The molecule has 1 aromatic heterocycles. The molecule has 100 valence electrons. The Bertz CT molecular complexity index is 567. The third kappa shape index (κ3) is 3.04. The fourth-order valence-electron chi connectivity index (χ4n) is 2.68. The number of ether oxygens (including phenoxy) is 1. The van der Waals surface area contributed by atoms with Crippen LogP contribution in [0, 0.1) is 0 Å². The predicted octanol–water partition coefficient (Wildman–Crippen LogP) is 3.97. The molecule has 1 fully saturated rings. The monoisotopic (exact) mass is 274 g/mol. The smallest absolute Gasteiger partial charge is 0.139 e. The third-order valence-corrected chi connectivity index (χ3v) is 4.69. The molecule has 0 radical (unpaired) electrons. The van der Waals surface area contributed by atoms with Crippen molar-refractivity contribution < 1.29 is 9.53 Å². The molecule has 0 saturated carbocycles. The molecule has 0 spiro atoms. The summed E-state index contributed by atoms with van der Waals surface area (Å²) in [5, 5.41) is 3.34. The first-order chi connectivity index (χ1) is 9.33. The highest BCUT2D eigenvalue weighted by molar-refractivity contribution is 7.17. The number of thiophene rings is 1. The van der Waals surface area contributed by atoms with Crippen LogP contribution in [0.25, 0.3) is 10.1 Å². The lowest BCUT2D eigenvalue weighted by molar-refractivity contribution is -0.122. The van der Waals surface area contributed by atoms with Crippen molar-refractivity contribution in [3.8, 4) is 0 Å². The van der Waals surface area contributed by atoms with Gasteiger partial charge in [0.1, 0.15) is 5.78 Å². The average Bonchev–Trinajstić information content (AvgIpc) is 2.83. The van der Waals surface area contributed by atoms with Crippen LogP contribution in [-0.2, 0) is 16.0 Å². The largest absolute Gasteiger partial charge is 0.378 e. The van der Waals surface area contributed by atoms with E-state index in [2.05, 4.69) is 17.5 Å². The van der Waals surface area contributed by atoms with E-state index in [9.17, 15) is 4.79 Å². The molecule has 19 heavy (non-hydrogen) atoms. The number of fused-ring (bicyclic) bond motifs is 1. The Morgan fingerprint density at radius 3 is 3.05 bits per heavy atom. The van der Waals surface area contributed by atoms with Gasteiger partial charge in [0.05, 0.1) is 6.10 Å². The highest BCUT2D eigenvalue weighted by Crippen LogP contribution is 2.26. The van der Waals surface area contributed by atoms with Crippen LogP contribution in [0.2, 0.25) is 0 Å². The number of carbonyl (C=O) groups excluding carboxylic acids is 1. The molecule has 3 heteroatoms. The fraction of sp³-hybridized carbons (Fsp3) is 0.438. The minimum absolute atomic E-state index is 0.158. The standard InChI is InChI=1S/C16H18O2S/c17-13(10-14-5-3-4-8-18-14)9-12-11-19-16-7-2-1-6-15(12)16/h1-2,6-7,11,14H,3-5,8-10H2. The second-order valence-corrected chi connectivity index (χ2v) is 6.08. The van der Waals surface area contributed by atoms with Crippen molar-refractivity contribution >= 4 is 27.2 Å². The van der Waals surface area contributed by atoms with Crippen LogP contribution in [-0.4, -0.2) is 18.5 Å². The summed E-state index contributed by atoms with van der Waals surface area (Å²) in [7, 11) is 0. The molecule has 3 rings (SSSR count). The van der Waals surface area contributed by atoms with Crippen molar-refractivity contribution in [3.63, 3.8) is 0 Å². The van der Waals surface area contributed by atoms with E-state index >= 15 is 0 Å². The molecule has 0 aliphatic carbocycles. The van der Waals surface area contributed by atoms with E-state index in [4.69, 9.17) is 4.74 Å². The number of rotatable bonds is 4. The summed E-state index contributed by atoms with van der Waals surface area (Å²) in [4.78, 5) is 12.1. The first-order valence-electron chi connectivity index (χ1n) is 6.91. The quantitative estimate of drug-likeness (QED) is 0.843. The van der Waals surface area contributed by atoms with Gasteiger partial charge in [0.25, 0.3) is 0 Å². The van der Waals surface area contributed by atoms with Gasteiger partial charge in [-0.05, 0) is 41.7 Å². The molecule has 1 aliphatic rings. The Labute approximate surface area is 117 Å². The van der Waals surface area contributed by atoms with E-state index in [0.29, 0.717) is 18.6 Å². The van der Waals surface area contributed by atoms with Gasteiger partial charge in [0.15, 0.2) is 0 Å². The van der Waals surface area contributed by atoms with Gasteiger partial charge in [-0.15, -0.1) is 11.3 Å². The topological polar surface area (TPSA) is 26.3 Å². The van der Waals surface area contributed by atoms with Gasteiger partial charge in [0, 0.05) is 24.1 Å². The van der Waals surface area contributed by atoms with Crippen LogP contribution >= 0.6 is 11.3 Å². The number of ketones is 1. The number of carbonyl (C=O) groups is 1. The SMILES string of the molecule is O=C(Cc1csc2ccccc12)CC1CCCCO1. The maximum absolute atomic E-state index is 12.1. The lowest BCUT2D eigenvalue weighted by Gasteiger charge is -2.21. The zero-order chi connectivity index (χ0) is 13.1. The number of hydrogen-bond donors (Lipinski definition) is 0. The number of hydrogen-bond acceptors (Lipinski definition) is 3. The molecule has 0 amide bonds. The summed E-state index contributed by atoms with van der Waals surface area (Å²) in [5.41, 5.74) is 1.17. The van der Waals surface area contributed by atoms with E-state index in [0.717, 1.165) is 19.4 Å². The zero-order valence-corrected chi connectivity index (χ0v) is 11.7. The van der Waals surface area contributed by atoms with E-state index < -0.39 is 0 Å². The summed E-state index contributed by atoms with van der Waals surface area (Å²) in [5.74, 6) is 0.301. The van der Waals surface area contributed by atoms with Crippen LogP contribution in [0.5, 0.6) is 0 Å². The maximum atomic E-state index is 12.1. The molecule has 1 aromatic carbocycles. The Balaban J connectivity index is 1.65. The molecule has 1 aliphatic heterocycles. The average molecular weight is 274 g/mol. The summed E-state index contributed by atoms with van der Waals surface area (Å²) in [6.45, 7) is 0.819. The van der Waals surface area contributed by atoms with Crippen LogP contribution in [0.4, 0.5) is 0 Å². The van der Waals surface area contributed by atoms with Crippen molar-refractivity contribution in [3.05, 3.63) is 35.2 Å². The molecule has 2 aromatic rings. The van der Waals surface area contributed by atoms with Crippen molar-refractivity contribution in [2.75, 3.05) is 6.61 Å². The molecule has 2 nitrogen and oxygen atoms in total. The maximum Gasteiger partial charge on any atom is 0.139 e. The van der Waals surface area contributed by atoms with E-state index in [-0.39, 0.29) is 6.10 Å². The van der Waals surface area contributed by atoms with Crippen molar-refractivity contribution in [2.24, 2.45) is 0 Å². The van der Waals surface area contributed by atoms with Gasteiger partial charge in [-0.3, -0.25) is 4.79 Å². The van der Waals surface area contributed by atoms with Gasteiger partial charge in [-0.2, -0.15) is 0 Å². The summed E-state index contributed by atoms with van der Waals surface area (Å²) < 4.78 is 6.90. The number of Topliss-reactive ketones (excluding diaryl/α,β-unsaturated/α-hetero) is 1. The molecule has 1 atom stereocenters. The van der Waals surface area contributed by atoms with Crippen LogP contribution in [0.1, 0.15) is 31.2 Å². The van der Waals surface area contributed by atoms with Crippen LogP contribution in [0.15, 0.2) is 29.6 Å². The van der Waals surface area contributed by atoms with E-state index in [1.54, 1.807) is 11.3 Å². The van der Waals surface area contributed by atoms with Crippen molar-refractivity contribution in [1.82, 2.24) is 0 Å². The predicted molar refractivity (Wildman–Crippen MR) is 78.7 cm³/mol. The lowest BCUT2D eigenvalue weighted by atomic mass is 10.00. The normalized spacial score (nSPS) is 19.7. The third-order valence-electron chi connectivity index (χ3n) is 3.68. The minimum atomic E-state index is 0.158. The van der Waals surface area contributed by atoms with E-state index in [1.165, 1.54) is 22.1 Å². The summed E-state index contributed by atoms with van der Waals surface area (Å²) in [6.07, 6.45) is 4.65. The van der Waals surface area contributed by atoms with Crippen molar-refractivity contribution in [2.45, 2.75) is 38.2 Å². The van der Waals surface area contributed by atoms with Gasteiger partial charge in [-0.25, -0.2) is 0 Å². The first kappa shape index (κ1) is 12.8. The Morgan fingerprint density at radius 2 is 2.21 bits per heavy atom. The molecule has 0 bridgehead atoms. The Hall–Kier alpha value is -1.19. The molecule has 0 N–H and O–H groups in total. The molecular formula is C16H18O2S. The molecule has 1 unspecified atom stereocenters. The van der Waals surface area contributed by atoms with Gasteiger partial charge < -0.3 is 4.74 Å². The molecule has 1 saturated heterocycles. The summed E-state index contributed by atoms with van der Waals surface area (Å²) in [6, 6.07) is 8.29. The van der Waals surface area contributed by atoms with Gasteiger partial charge in [0.2, 0.25) is 0 Å². The molecule has 2 heterocycles. The Kier molecular flexibility index (Phi) is 3.95. The highest BCUT2D eigenvalue weighted by atomic mass is 32.1.